The Balaban J connectivity index is 1.65. The molecule has 120 valence electrons. The van der Waals surface area contributed by atoms with Gasteiger partial charge in [0.1, 0.15) is 0 Å². The van der Waals surface area contributed by atoms with Gasteiger partial charge in [0.2, 0.25) is 0 Å². The number of carbonyl (C=O) groups is 1. The highest BCUT2D eigenvalue weighted by atomic mass is 32.1. The molecule has 1 amide bonds. The van der Waals surface area contributed by atoms with Gasteiger partial charge in [-0.1, -0.05) is 0 Å². The highest BCUT2D eigenvalue weighted by Gasteiger charge is 2.12. The zero-order valence-corrected chi connectivity index (χ0v) is 14.2. The number of carbonyl (C=O) groups excluding carboxylic acids is 1. The maximum absolute atomic E-state index is 12.2. The highest BCUT2D eigenvalue weighted by Crippen LogP contribution is 2.21. The molecule has 3 aromatic heterocycles. The molecule has 0 aliphatic rings. The van der Waals surface area contributed by atoms with Crippen molar-refractivity contribution in [2.24, 2.45) is 0 Å². The van der Waals surface area contributed by atoms with Gasteiger partial charge >= 0.3 is 0 Å². The SMILES string of the molecule is CCn1cc(Cn2cc(NC(=O)c3cc(C)c(C)s3)cn2)cn1. The number of aromatic nitrogens is 4. The third-order valence-electron chi connectivity index (χ3n) is 3.64. The molecule has 3 heterocycles. The number of thiophene rings is 1. The Kier molecular flexibility index (Phi) is 4.29. The number of hydrogen-bond donors (Lipinski definition) is 1. The molecule has 0 fully saturated rings. The smallest absolute Gasteiger partial charge is 0.265 e. The summed E-state index contributed by atoms with van der Waals surface area (Å²) in [5.41, 5.74) is 2.92. The van der Waals surface area contributed by atoms with Gasteiger partial charge in [-0.15, -0.1) is 11.3 Å². The van der Waals surface area contributed by atoms with Crippen LogP contribution in [0, 0.1) is 13.8 Å². The summed E-state index contributed by atoms with van der Waals surface area (Å²) in [4.78, 5) is 14.1. The first-order chi connectivity index (χ1) is 11.0. The van der Waals surface area contributed by atoms with Crippen molar-refractivity contribution >= 4 is 22.9 Å². The van der Waals surface area contributed by atoms with E-state index in [1.54, 1.807) is 10.9 Å². The molecule has 7 heteroatoms. The molecule has 0 spiro atoms. The number of nitrogens with one attached hydrogen (secondary N) is 1. The number of rotatable bonds is 5. The van der Waals surface area contributed by atoms with Crippen LogP contribution < -0.4 is 5.32 Å². The molecular formula is C16H19N5OS. The minimum atomic E-state index is -0.0930. The lowest BCUT2D eigenvalue weighted by molar-refractivity contribution is 0.103. The molecule has 0 aromatic carbocycles. The first kappa shape index (κ1) is 15.5. The van der Waals surface area contributed by atoms with Gasteiger partial charge < -0.3 is 5.32 Å². The quantitative estimate of drug-likeness (QED) is 0.782. The molecule has 23 heavy (non-hydrogen) atoms. The summed E-state index contributed by atoms with van der Waals surface area (Å²) in [6.07, 6.45) is 7.32. The van der Waals surface area contributed by atoms with Crippen molar-refractivity contribution in [3.8, 4) is 0 Å². The summed E-state index contributed by atoms with van der Waals surface area (Å²) >= 11 is 1.51. The lowest BCUT2D eigenvalue weighted by Crippen LogP contribution is -2.09. The molecule has 0 saturated carbocycles. The number of amides is 1. The van der Waals surface area contributed by atoms with Gasteiger partial charge in [-0.3, -0.25) is 14.2 Å². The second-order valence-corrected chi connectivity index (χ2v) is 6.69. The molecule has 0 unspecified atom stereocenters. The largest absolute Gasteiger partial charge is 0.319 e. The van der Waals surface area contributed by atoms with E-state index in [2.05, 4.69) is 15.5 Å². The van der Waals surface area contributed by atoms with Crippen molar-refractivity contribution in [3.63, 3.8) is 0 Å². The van der Waals surface area contributed by atoms with Crippen LogP contribution in [-0.4, -0.2) is 25.5 Å². The van der Waals surface area contributed by atoms with E-state index in [0.717, 1.165) is 22.5 Å². The van der Waals surface area contributed by atoms with Gasteiger partial charge in [0.25, 0.3) is 5.91 Å². The van der Waals surface area contributed by atoms with E-state index in [-0.39, 0.29) is 5.91 Å². The summed E-state index contributed by atoms with van der Waals surface area (Å²) in [6.45, 7) is 7.56. The molecule has 0 radical (unpaired) electrons. The van der Waals surface area contributed by atoms with Gasteiger partial charge in [0.15, 0.2) is 0 Å². The van der Waals surface area contributed by atoms with E-state index in [9.17, 15) is 4.79 Å². The Morgan fingerprint density at radius 2 is 2.00 bits per heavy atom. The average molecular weight is 329 g/mol. The van der Waals surface area contributed by atoms with Crippen LogP contribution in [0.3, 0.4) is 0 Å². The number of nitrogens with zero attached hydrogens (tertiary/aromatic N) is 4. The van der Waals surface area contributed by atoms with Crippen LogP contribution in [0.2, 0.25) is 0 Å². The third-order valence-corrected chi connectivity index (χ3v) is 4.79. The van der Waals surface area contributed by atoms with Crippen molar-refractivity contribution in [3.05, 3.63) is 51.7 Å². The summed E-state index contributed by atoms with van der Waals surface area (Å²) in [7, 11) is 0. The van der Waals surface area contributed by atoms with Gasteiger partial charge in [-0.25, -0.2) is 0 Å². The molecule has 1 N–H and O–H groups in total. The summed E-state index contributed by atoms with van der Waals surface area (Å²) in [5, 5.41) is 11.4. The number of hydrogen-bond acceptors (Lipinski definition) is 4. The molecule has 0 aliphatic heterocycles. The van der Waals surface area contributed by atoms with E-state index in [4.69, 9.17) is 0 Å². The van der Waals surface area contributed by atoms with Crippen molar-refractivity contribution in [2.45, 2.75) is 33.9 Å². The number of anilines is 1. The molecule has 6 nitrogen and oxygen atoms in total. The Morgan fingerprint density at radius 3 is 2.65 bits per heavy atom. The molecule has 0 atom stereocenters. The van der Waals surface area contributed by atoms with Gasteiger partial charge in [0.05, 0.1) is 29.5 Å². The maximum atomic E-state index is 12.2. The fourth-order valence-electron chi connectivity index (χ4n) is 2.24. The Hall–Kier alpha value is -2.41. The van der Waals surface area contributed by atoms with Crippen LogP contribution in [0.1, 0.15) is 32.6 Å². The number of aryl methyl sites for hydroxylation is 3. The van der Waals surface area contributed by atoms with Crippen LogP contribution in [0.15, 0.2) is 30.9 Å². The first-order valence-corrected chi connectivity index (χ1v) is 8.29. The molecule has 0 saturated heterocycles. The highest BCUT2D eigenvalue weighted by molar-refractivity contribution is 7.14. The second-order valence-electron chi connectivity index (χ2n) is 5.43. The van der Waals surface area contributed by atoms with Gasteiger partial charge in [-0.05, 0) is 32.4 Å². The summed E-state index contributed by atoms with van der Waals surface area (Å²) in [5.74, 6) is -0.0930. The van der Waals surface area contributed by atoms with Crippen molar-refractivity contribution in [2.75, 3.05) is 5.32 Å². The minimum Gasteiger partial charge on any atom is -0.319 e. The second kappa shape index (κ2) is 6.37. The van der Waals surface area contributed by atoms with Gasteiger partial charge in [-0.2, -0.15) is 10.2 Å². The fraction of sp³-hybridized carbons (Fsp3) is 0.312. The Bertz CT molecular complexity index is 810. The predicted octanol–water partition coefficient (Wildman–Crippen LogP) is 3.08. The van der Waals surface area contributed by atoms with Gasteiger partial charge in [0, 0.05) is 29.4 Å². The lowest BCUT2D eigenvalue weighted by Gasteiger charge is -1.99. The minimum absolute atomic E-state index is 0.0930. The molecule has 0 aliphatic carbocycles. The van der Waals surface area contributed by atoms with Crippen LogP contribution in [0.5, 0.6) is 0 Å². The Morgan fingerprint density at radius 1 is 1.22 bits per heavy atom. The third kappa shape index (κ3) is 3.50. The molecule has 0 bridgehead atoms. The normalized spacial score (nSPS) is 10.9. The van der Waals surface area contributed by atoms with Crippen molar-refractivity contribution in [1.82, 2.24) is 19.6 Å². The monoisotopic (exact) mass is 329 g/mol. The van der Waals surface area contributed by atoms with Crippen LogP contribution in [0.4, 0.5) is 5.69 Å². The van der Waals surface area contributed by atoms with E-state index >= 15 is 0 Å². The van der Waals surface area contributed by atoms with Crippen molar-refractivity contribution < 1.29 is 4.79 Å². The van der Waals surface area contributed by atoms with E-state index in [0.29, 0.717) is 12.2 Å². The molecular weight excluding hydrogens is 310 g/mol. The topological polar surface area (TPSA) is 64.7 Å². The van der Waals surface area contributed by atoms with E-state index in [1.807, 2.05) is 50.1 Å². The Labute approximate surface area is 138 Å². The van der Waals surface area contributed by atoms with E-state index < -0.39 is 0 Å². The molecule has 3 aromatic rings. The van der Waals surface area contributed by atoms with Crippen molar-refractivity contribution in [1.29, 1.82) is 0 Å². The first-order valence-electron chi connectivity index (χ1n) is 7.47. The zero-order valence-electron chi connectivity index (χ0n) is 13.4. The van der Waals surface area contributed by atoms with E-state index in [1.165, 1.54) is 16.2 Å². The zero-order chi connectivity index (χ0) is 16.4. The van der Waals surface area contributed by atoms with Crippen LogP contribution in [-0.2, 0) is 13.1 Å². The average Bonchev–Trinajstić information content (AvgIpc) is 3.22. The fourth-order valence-corrected chi connectivity index (χ4v) is 3.17. The van der Waals surface area contributed by atoms with Crippen LogP contribution in [0.25, 0.3) is 0 Å². The summed E-state index contributed by atoms with van der Waals surface area (Å²) < 4.78 is 3.67. The lowest BCUT2D eigenvalue weighted by atomic mass is 10.3. The standard InChI is InChI=1S/C16H19N5OS/c1-4-20-8-13(6-17-20)9-21-10-14(7-18-21)19-16(22)15-5-11(2)12(3)23-15/h5-8,10H,4,9H2,1-3H3,(H,19,22). The molecule has 3 rings (SSSR count). The predicted molar refractivity (Wildman–Crippen MR) is 91.0 cm³/mol. The van der Waals surface area contributed by atoms with Crippen LogP contribution >= 0.6 is 11.3 Å². The maximum Gasteiger partial charge on any atom is 0.265 e. The summed E-state index contributed by atoms with van der Waals surface area (Å²) in [6, 6.07) is 1.92.